The molecule has 1 aliphatic heterocycles. The SMILES string of the molecule is CC(C(=O)NCCCc1ccccc1)C1CNC1.Cl. The first-order valence-electron chi connectivity index (χ1n) is 6.79. The molecule has 1 aliphatic rings. The number of halogens is 1. The Bertz CT molecular complexity index is 379. The van der Waals surface area contributed by atoms with E-state index in [2.05, 4.69) is 34.9 Å². The van der Waals surface area contributed by atoms with Crippen molar-refractivity contribution < 1.29 is 4.79 Å². The molecule has 1 saturated heterocycles. The Morgan fingerprint density at radius 3 is 2.63 bits per heavy atom. The van der Waals surface area contributed by atoms with E-state index in [0.29, 0.717) is 5.92 Å². The molecule has 0 saturated carbocycles. The third-order valence-corrected chi connectivity index (χ3v) is 3.72. The van der Waals surface area contributed by atoms with Crippen molar-refractivity contribution in [1.82, 2.24) is 10.6 Å². The molecule has 4 heteroatoms. The first-order valence-corrected chi connectivity index (χ1v) is 6.79. The van der Waals surface area contributed by atoms with Crippen molar-refractivity contribution in [2.24, 2.45) is 11.8 Å². The number of rotatable bonds is 6. The van der Waals surface area contributed by atoms with Gasteiger partial charge in [-0.1, -0.05) is 37.3 Å². The molecule has 0 radical (unpaired) electrons. The minimum atomic E-state index is 0. The zero-order valence-corrected chi connectivity index (χ0v) is 12.2. The molecule has 2 N–H and O–H groups in total. The Labute approximate surface area is 121 Å². The van der Waals surface area contributed by atoms with Crippen LogP contribution in [-0.4, -0.2) is 25.5 Å². The van der Waals surface area contributed by atoms with Gasteiger partial charge in [-0.2, -0.15) is 0 Å². The van der Waals surface area contributed by atoms with Crippen LogP contribution >= 0.6 is 12.4 Å². The third-order valence-electron chi connectivity index (χ3n) is 3.72. The molecule has 19 heavy (non-hydrogen) atoms. The van der Waals surface area contributed by atoms with Gasteiger partial charge in [-0.25, -0.2) is 0 Å². The summed E-state index contributed by atoms with van der Waals surface area (Å²) in [5, 5.41) is 6.24. The van der Waals surface area contributed by atoms with Crippen LogP contribution in [0.2, 0.25) is 0 Å². The Balaban J connectivity index is 0.00000180. The lowest BCUT2D eigenvalue weighted by molar-refractivity contribution is -0.126. The minimum absolute atomic E-state index is 0. The highest BCUT2D eigenvalue weighted by atomic mass is 35.5. The lowest BCUT2D eigenvalue weighted by atomic mass is 9.88. The van der Waals surface area contributed by atoms with Crippen LogP contribution in [0.25, 0.3) is 0 Å². The van der Waals surface area contributed by atoms with Crippen LogP contribution in [0.15, 0.2) is 30.3 Å². The summed E-state index contributed by atoms with van der Waals surface area (Å²) < 4.78 is 0. The van der Waals surface area contributed by atoms with Gasteiger partial charge < -0.3 is 10.6 Å². The zero-order valence-electron chi connectivity index (χ0n) is 11.4. The van der Waals surface area contributed by atoms with Gasteiger partial charge in [-0.05, 0) is 37.4 Å². The Morgan fingerprint density at radius 1 is 1.37 bits per heavy atom. The summed E-state index contributed by atoms with van der Waals surface area (Å²) in [5.74, 6) is 0.872. The minimum Gasteiger partial charge on any atom is -0.356 e. The van der Waals surface area contributed by atoms with Crippen LogP contribution in [0.3, 0.4) is 0 Å². The summed E-state index contributed by atoms with van der Waals surface area (Å²) in [5.41, 5.74) is 1.34. The maximum atomic E-state index is 11.8. The lowest BCUT2D eigenvalue weighted by Crippen LogP contribution is -2.49. The molecule has 0 aliphatic carbocycles. The Morgan fingerprint density at radius 2 is 2.05 bits per heavy atom. The van der Waals surface area contributed by atoms with Gasteiger partial charge in [0.2, 0.25) is 5.91 Å². The molecule has 1 amide bonds. The molecule has 3 nitrogen and oxygen atoms in total. The molecule has 1 fully saturated rings. The topological polar surface area (TPSA) is 41.1 Å². The van der Waals surface area contributed by atoms with Gasteiger partial charge in [0.1, 0.15) is 0 Å². The standard InChI is InChI=1S/C15H22N2O.ClH/c1-12(14-10-16-11-14)15(18)17-9-5-8-13-6-3-2-4-7-13;/h2-4,6-7,12,14,16H,5,8-11H2,1H3,(H,17,18);1H. The smallest absolute Gasteiger partial charge is 0.223 e. The number of carbonyl (C=O) groups excluding carboxylic acids is 1. The molecule has 0 bridgehead atoms. The fourth-order valence-corrected chi connectivity index (χ4v) is 2.19. The molecule has 1 atom stereocenters. The van der Waals surface area contributed by atoms with Crippen LogP contribution in [-0.2, 0) is 11.2 Å². The van der Waals surface area contributed by atoms with E-state index < -0.39 is 0 Å². The molecule has 1 heterocycles. The predicted octanol–water partition coefficient (Wildman–Crippen LogP) is 2.01. The van der Waals surface area contributed by atoms with Crippen molar-refractivity contribution >= 4 is 18.3 Å². The highest BCUT2D eigenvalue weighted by Crippen LogP contribution is 2.15. The molecule has 1 unspecified atom stereocenters. The summed E-state index contributed by atoms with van der Waals surface area (Å²) in [7, 11) is 0. The van der Waals surface area contributed by atoms with E-state index in [9.17, 15) is 4.79 Å². The maximum absolute atomic E-state index is 11.8. The van der Waals surface area contributed by atoms with Gasteiger partial charge in [0.05, 0.1) is 0 Å². The van der Waals surface area contributed by atoms with Crippen LogP contribution in [0.1, 0.15) is 18.9 Å². The van der Waals surface area contributed by atoms with E-state index in [0.717, 1.165) is 32.5 Å². The molecular formula is C15H23ClN2O. The molecule has 1 aromatic carbocycles. The van der Waals surface area contributed by atoms with Crippen molar-refractivity contribution in [2.45, 2.75) is 19.8 Å². The number of carbonyl (C=O) groups is 1. The van der Waals surface area contributed by atoms with Crippen LogP contribution < -0.4 is 10.6 Å². The van der Waals surface area contributed by atoms with E-state index >= 15 is 0 Å². The number of nitrogens with one attached hydrogen (secondary N) is 2. The highest BCUT2D eigenvalue weighted by Gasteiger charge is 2.28. The zero-order chi connectivity index (χ0) is 12.8. The molecule has 0 spiro atoms. The molecule has 0 aromatic heterocycles. The van der Waals surface area contributed by atoms with Gasteiger partial charge >= 0.3 is 0 Å². The van der Waals surface area contributed by atoms with E-state index in [1.165, 1.54) is 5.56 Å². The van der Waals surface area contributed by atoms with Crippen molar-refractivity contribution in [3.05, 3.63) is 35.9 Å². The van der Waals surface area contributed by atoms with E-state index in [-0.39, 0.29) is 24.2 Å². The van der Waals surface area contributed by atoms with Gasteiger partial charge in [0.15, 0.2) is 0 Å². The monoisotopic (exact) mass is 282 g/mol. The van der Waals surface area contributed by atoms with E-state index in [4.69, 9.17) is 0 Å². The molecular weight excluding hydrogens is 260 g/mol. The average molecular weight is 283 g/mol. The number of benzene rings is 1. The van der Waals surface area contributed by atoms with E-state index in [1.807, 2.05) is 13.0 Å². The first-order chi connectivity index (χ1) is 8.77. The molecule has 106 valence electrons. The fourth-order valence-electron chi connectivity index (χ4n) is 2.19. The van der Waals surface area contributed by atoms with Crippen LogP contribution in [0.5, 0.6) is 0 Å². The predicted molar refractivity (Wildman–Crippen MR) is 80.5 cm³/mol. The molecule has 1 aromatic rings. The van der Waals surface area contributed by atoms with Gasteiger partial charge in [0.25, 0.3) is 0 Å². The second-order valence-corrected chi connectivity index (χ2v) is 5.09. The summed E-state index contributed by atoms with van der Waals surface area (Å²) >= 11 is 0. The van der Waals surface area contributed by atoms with Crippen LogP contribution in [0.4, 0.5) is 0 Å². The lowest BCUT2D eigenvalue weighted by Gasteiger charge is -2.31. The number of hydrogen-bond donors (Lipinski definition) is 2. The van der Waals surface area contributed by atoms with E-state index in [1.54, 1.807) is 0 Å². The van der Waals surface area contributed by atoms with Gasteiger partial charge in [-0.3, -0.25) is 4.79 Å². The Hall–Kier alpha value is -1.06. The van der Waals surface area contributed by atoms with Crippen molar-refractivity contribution in [2.75, 3.05) is 19.6 Å². The summed E-state index contributed by atoms with van der Waals surface area (Å²) in [6.45, 7) is 4.77. The summed E-state index contributed by atoms with van der Waals surface area (Å²) in [4.78, 5) is 11.8. The quantitative estimate of drug-likeness (QED) is 0.784. The summed E-state index contributed by atoms with van der Waals surface area (Å²) in [6.07, 6.45) is 2.03. The highest BCUT2D eigenvalue weighted by molar-refractivity contribution is 5.85. The maximum Gasteiger partial charge on any atom is 0.223 e. The van der Waals surface area contributed by atoms with Crippen molar-refractivity contribution in [1.29, 1.82) is 0 Å². The third kappa shape index (κ3) is 4.84. The fraction of sp³-hybridized carbons (Fsp3) is 0.533. The molecule has 2 rings (SSSR count). The first kappa shape index (κ1) is 16.0. The second kappa shape index (κ2) is 8.18. The largest absolute Gasteiger partial charge is 0.356 e. The van der Waals surface area contributed by atoms with Gasteiger partial charge in [0, 0.05) is 12.5 Å². The normalized spacial score (nSPS) is 16.1. The Kier molecular flexibility index (Phi) is 6.89. The number of aryl methyl sites for hydroxylation is 1. The summed E-state index contributed by atoms with van der Waals surface area (Å²) in [6, 6.07) is 10.4. The number of hydrogen-bond acceptors (Lipinski definition) is 2. The number of amides is 1. The average Bonchev–Trinajstić information content (AvgIpc) is 2.33. The second-order valence-electron chi connectivity index (χ2n) is 5.09. The van der Waals surface area contributed by atoms with Crippen molar-refractivity contribution in [3.63, 3.8) is 0 Å². The van der Waals surface area contributed by atoms with Crippen LogP contribution in [0, 0.1) is 11.8 Å². The van der Waals surface area contributed by atoms with Gasteiger partial charge in [-0.15, -0.1) is 12.4 Å². The van der Waals surface area contributed by atoms with Crippen molar-refractivity contribution in [3.8, 4) is 0 Å².